The van der Waals surface area contributed by atoms with Gasteiger partial charge in [0.05, 0.1) is 7.11 Å². The van der Waals surface area contributed by atoms with Gasteiger partial charge >= 0.3 is 0 Å². The molecule has 2 rings (SSSR count). The molecule has 0 saturated carbocycles. The second kappa shape index (κ2) is 5.38. The van der Waals surface area contributed by atoms with Crippen molar-refractivity contribution >= 4 is 0 Å². The Morgan fingerprint density at radius 2 is 2.35 bits per heavy atom. The maximum Gasteiger partial charge on any atom is 0.160 e. The number of nitrogens with zero attached hydrogens (tertiary/aromatic N) is 1. The molecule has 0 amide bonds. The summed E-state index contributed by atoms with van der Waals surface area (Å²) in [5.41, 5.74) is 6.84. The standard InChI is InChI=1S/C13H20N2O2/c1-17-13-5-4-10(7-12(13)16)9-15-6-2-3-11(15)8-14/h4-5,7,11,16H,2-3,6,8-9,14H2,1H3. The molecule has 1 aliphatic rings. The van der Waals surface area contributed by atoms with E-state index in [9.17, 15) is 5.11 Å². The van der Waals surface area contributed by atoms with Crippen molar-refractivity contribution in [1.29, 1.82) is 0 Å². The van der Waals surface area contributed by atoms with Crippen LogP contribution >= 0.6 is 0 Å². The number of ether oxygens (including phenoxy) is 1. The van der Waals surface area contributed by atoms with Crippen LogP contribution in [0.4, 0.5) is 0 Å². The Morgan fingerprint density at radius 1 is 1.53 bits per heavy atom. The Kier molecular flexibility index (Phi) is 3.86. The number of methoxy groups -OCH3 is 1. The normalized spacial score (nSPS) is 20.7. The van der Waals surface area contributed by atoms with E-state index in [-0.39, 0.29) is 5.75 Å². The fraction of sp³-hybridized carbons (Fsp3) is 0.538. The van der Waals surface area contributed by atoms with Gasteiger partial charge in [-0.05, 0) is 37.1 Å². The minimum Gasteiger partial charge on any atom is -0.504 e. The van der Waals surface area contributed by atoms with Crippen LogP contribution in [0.5, 0.6) is 11.5 Å². The Hall–Kier alpha value is -1.26. The molecule has 1 fully saturated rings. The topological polar surface area (TPSA) is 58.7 Å². The van der Waals surface area contributed by atoms with Gasteiger partial charge in [0.25, 0.3) is 0 Å². The predicted octanol–water partition coefficient (Wildman–Crippen LogP) is 1.32. The zero-order chi connectivity index (χ0) is 12.3. The molecule has 0 aliphatic carbocycles. The number of aromatic hydroxyl groups is 1. The lowest BCUT2D eigenvalue weighted by atomic mass is 10.1. The molecule has 1 unspecified atom stereocenters. The molecule has 4 nitrogen and oxygen atoms in total. The molecule has 1 atom stereocenters. The van der Waals surface area contributed by atoms with E-state index >= 15 is 0 Å². The van der Waals surface area contributed by atoms with Crippen LogP contribution in [-0.4, -0.2) is 36.2 Å². The molecule has 0 bridgehead atoms. The van der Waals surface area contributed by atoms with Crippen molar-refractivity contribution < 1.29 is 9.84 Å². The summed E-state index contributed by atoms with van der Waals surface area (Å²) in [6.07, 6.45) is 2.39. The molecule has 4 heteroatoms. The number of phenols is 1. The first-order chi connectivity index (χ1) is 8.24. The summed E-state index contributed by atoms with van der Waals surface area (Å²) in [7, 11) is 1.56. The van der Waals surface area contributed by atoms with Crippen molar-refractivity contribution in [2.24, 2.45) is 5.73 Å². The second-order valence-corrected chi connectivity index (χ2v) is 4.51. The highest BCUT2D eigenvalue weighted by atomic mass is 16.5. The van der Waals surface area contributed by atoms with Crippen molar-refractivity contribution in [3.05, 3.63) is 23.8 Å². The van der Waals surface area contributed by atoms with Crippen LogP contribution in [0.25, 0.3) is 0 Å². The third kappa shape index (κ3) is 2.70. The minimum absolute atomic E-state index is 0.202. The zero-order valence-electron chi connectivity index (χ0n) is 10.2. The monoisotopic (exact) mass is 236 g/mol. The zero-order valence-corrected chi connectivity index (χ0v) is 10.2. The number of hydrogen-bond acceptors (Lipinski definition) is 4. The van der Waals surface area contributed by atoms with Gasteiger partial charge in [-0.2, -0.15) is 0 Å². The third-order valence-electron chi connectivity index (χ3n) is 3.40. The van der Waals surface area contributed by atoms with Crippen molar-refractivity contribution in [3.63, 3.8) is 0 Å². The highest BCUT2D eigenvalue weighted by molar-refractivity contribution is 5.41. The molecule has 1 aromatic carbocycles. The van der Waals surface area contributed by atoms with E-state index in [0.29, 0.717) is 18.3 Å². The van der Waals surface area contributed by atoms with E-state index in [4.69, 9.17) is 10.5 Å². The lowest BCUT2D eigenvalue weighted by Gasteiger charge is -2.23. The summed E-state index contributed by atoms with van der Waals surface area (Å²) in [5.74, 6) is 0.721. The van der Waals surface area contributed by atoms with Gasteiger partial charge in [-0.3, -0.25) is 4.90 Å². The molecule has 0 radical (unpaired) electrons. The van der Waals surface area contributed by atoms with Crippen LogP contribution in [0.15, 0.2) is 18.2 Å². The second-order valence-electron chi connectivity index (χ2n) is 4.51. The van der Waals surface area contributed by atoms with Gasteiger partial charge in [0, 0.05) is 19.1 Å². The summed E-state index contributed by atoms with van der Waals surface area (Å²) < 4.78 is 5.03. The molecule has 17 heavy (non-hydrogen) atoms. The lowest BCUT2D eigenvalue weighted by molar-refractivity contribution is 0.249. The van der Waals surface area contributed by atoms with Crippen LogP contribution in [0.1, 0.15) is 18.4 Å². The van der Waals surface area contributed by atoms with Crippen LogP contribution in [-0.2, 0) is 6.54 Å². The summed E-state index contributed by atoms with van der Waals surface area (Å²) >= 11 is 0. The van der Waals surface area contributed by atoms with Gasteiger partial charge in [0.1, 0.15) is 0 Å². The van der Waals surface area contributed by atoms with Crippen molar-refractivity contribution in [3.8, 4) is 11.5 Å². The van der Waals surface area contributed by atoms with E-state index in [0.717, 1.165) is 18.7 Å². The Labute approximate surface area is 102 Å². The Bertz CT molecular complexity index is 382. The van der Waals surface area contributed by atoms with Gasteiger partial charge in [-0.15, -0.1) is 0 Å². The number of phenolic OH excluding ortho intramolecular Hbond substituents is 1. The Balaban J connectivity index is 2.05. The molecule has 1 heterocycles. The van der Waals surface area contributed by atoms with E-state index in [1.807, 2.05) is 6.07 Å². The molecule has 3 N–H and O–H groups in total. The van der Waals surface area contributed by atoms with Crippen LogP contribution < -0.4 is 10.5 Å². The predicted molar refractivity (Wildman–Crippen MR) is 67.1 cm³/mol. The molecular weight excluding hydrogens is 216 g/mol. The van der Waals surface area contributed by atoms with Gasteiger partial charge in [0.15, 0.2) is 11.5 Å². The van der Waals surface area contributed by atoms with E-state index in [1.165, 1.54) is 12.8 Å². The van der Waals surface area contributed by atoms with Crippen LogP contribution in [0.2, 0.25) is 0 Å². The summed E-state index contributed by atoms with van der Waals surface area (Å²) in [6, 6.07) is 6.05. The number of rotatable bonds is 4. The first kappa shape index (κ1) is 12.2. The number of hydrogen-bond donors (Lipinski definition) is 2. The summed E-state index contributed by atoms with van der Waals surface area (Å²) in [4.78, 5) is 2.38. The maximum atomic E-state index is 9.72. The third-order valence-corrected chi connectivity index (χ3v) is 3.40. The molecule has 94 valence electrons. The van der Waals surface area contributed by atoms with Gasteiger partial charge < -0.3 is 15.6 Å². The van der Waals surface area contributed by atoms with Crippen molar-refractivity contribution in [2.45, 2.75) is 25.4 Å². The number of nitrogens with two attached hydrogens (primary N) is 1. The molecular formula is C13H20N2O2. The smallest absolute Gasteiger partial charge is 0.160 e. The average Bonchev–Trinajstić information content (AvgIpc) is 2.76. The Morgan fingerprint density at radius 3 is 3.00 bits per heavy atom. The molecule has 1 aromatic rings. The van der Waals surface area contributed by atoms with Gasteiger partial charge in [0.2, 0.25) is 0 Å². The fourth-order valence-corrected chi connectivity index (χ4v) is 2.44. The average molecular weight is 236 g/mol. The summed E-state index contributed by atoms with van der Waals surface area (Å²) in [5, 5.41) is 9.72. The first-order valence-electron chi connectivity index (χ1n) is 6.04. The highest BCUT2D eigenvalue weighted by Gasteiger charge is 2.23. The quantitative estimate of drug-likeness (QED) is 0.828. The fourth-order valence-electron chi connectivity index (χ4n) is 2.44. The van der Waals surface area contributed by atoms with Crippen LogP contribution in [0.3, 0.4) is 0 Å². The van der Waals surface area contributed by atoms with E-state index in [2.05, 4.69) is 4.90 Å². The van der Waals surface area contributed by atoms with E-state index in [1.54, 1.807) is 19.2 Å². The minimum atomic E-state index is 0.202. The van der Waals surface area contributed by atoms with Crippen molar-refractivity contribution in [1.82, 2.24) is 4.90 Å². The first-order valence-corrected chi connectivity index (χ1v) is 6.04. The van der Waals surface area contributed by atoms with Crippen molar-refractivity contribution in [2.75, 3.05) is 20.2 Å². The number of likely N-dealkylation sites (tertiary alicyclic amines) is 1. The molecule has 0 spiro atoms. The maximum absolute atomic E-state index is 9.72. The molecule has 1 aliphatic heterocycles. The largest absolute Gasteiger partial charge is 0.504 e. The molecule has 1 saturated heterocycles. The summed E-state index contributed by atoms with van der Waals surface area (Å²) in [6.45, 7) is 2.65. The van der Waals surface area contributed by atoms with Crippen LogP contribution in [0, 0.1) is 0 Å². The van der Waals surface area contributed by atoms with Gasteiger partial charge in [-0.1, -0.05) is 6.07 Å². The van der Waals surface area contributed by atoms with E-state index < -0.39 is 0 Å². The highest BCUT2D eigenvalue weighted by Crippen LogP contribution is 2.28. The molecule has 0 aromatic heterocycles. The number of benzene rings is 1. The van der Waals surface area contributed by atoms with Gasteiger partial charge in [-0.25, -0.2) is 0 Å². The lowest BCUT2D eigenvalue weighted by Crippen LogP contribution is -2.34. The SMILES string of the molecule is COc1ccc(CN2CCCC2CN)cc1O.